The molecule has 3 nitrogen and oxygen atoms in total. The summed E-state index contributed by atoms with van der Waals surface area (Å²) in [6, 6.07) is 0. The van der Waals surface area contributed by atoms with Gasteiger partial charge in [0.2, 0.25) is 0 Å². The van der Waals surface area contributed by atoms with E-state index in [2.05, 4.69) is 0 Å². The highest BCUT2D eigenvalue weighted by Gasteiger charge is 2.37. The molecule has 0 radical (unpaired) electrons. The van der Waals surface area contributed by atoms with Crippen LogP contribution in [0.1, 0.15) is 41.5 Å². The number of hydrogen-bond acceptors (Lipinski definition) is 3. The van der Waals surface area contributed by atoms with Crippen molar-refractivity contribution in [3.63, 3.8) is 0 Å². The van der Waals surface area contributed by atoms with Gasteiger partial charge in [0.1, 0.15) is 0 Å². The molecule has 0 amide bonds. The first kappa shape index (κ1) is 13.2. The summed E-state index contributed by atoms with van der Waals surface area (Å²) in [5.74, 6) is 0. The Labute approximate surface area is 80.7 Å². The molecule has 0 aliphatic rings. The lowest BCUT2D eigenvalue weighted by Crippen LogP contribution is -2.44. The zero-order chi connectivity index (χ0) is 11.1. The molecule has 0 saturated carbocycles. The fourth-order valence-electron chi connectivity index (χ4n) is 2.25. The molecular weight excluding hydrogens is 187 g/mol. The standard InChI is InChI=1S/C9H21O3P/c1-8(2,3)7(9(4,5)6)13(10,11)12/h7H,1-6H3,(H2,10,11,12)/p-2. The zero-order valence-corrected chi connectivity index (χ0v) is 10.1. The Morgan fingerprint density at radius 1 is 0.923 bits per heavy atom. The van der Waals surface area contributed by atoms with E-state index in [-0.39, 0.29) is 0 Å². The van der Waals surface area contributed by atoms with Gasteiger partial charge < -0.3 is 14.4 Å². The molecule has 0 N–H and O–H groups in total. The normalized spacial score (nSPS) is 15.2. The van der Waals surface area contributed by atoms with Crippen molar-refractivity contribution in [3.8, 4) is 0 Å². The van der Waals surface area contributed by atoms with Crippen molar-refractivity contribution in [1.29, 1.82) is 0 Å². The summed E-state index contributed by atoms with van der Waals surface area (Å²) in [6.45, 7) is 10.7. The van der Waals surface area contributed by atoms with Gasteiger partial charge in [0.25, 0.3) is 0 Å². The molecule has 0 aliphatic carbocycles. The predicted octanol–water partition coefficient (Wildman–Crippen LogP) is 1.36. The third-order valence-corrected chi connectivity index (χ3v) is 4.14. The van der Waals surface area contributed by atoms with Gasteiger partial charge in [-0.1, -0.05) is 49.1 Å². The van der Waals surface area contributed by atoms with Crippen LogP contribution in [0.5, 0.6) is 0 Å². The first-order valence-corrected chi connectivity index (χ1v) is 6.00. The maximum atomic E-state index is 11.1. The number of rotatable bonds is 1. The summed E-state index contributed by atoms with van der Waals surface area (Å²) in [4.78, 5) is 22.2. The van der Waals surface area contributed by atoms with Crippen molar-refractivity contribution >= 4 is 7.60 Å². The van der Waals surface area contributed by atoms with Gasteiger partial charge in [0.05, 0.1) is 0 Å². The maximum absolute atomic E-state index is 11.1. The van der Waals surface area contributed by atoms with Crippen LogP contribution in [0.3, 0.4) is 0 Å². The second-order valence-corrected chi connectivity index (χ2v) is 7.27. The first-order valence-electron chi connectivity index (χ1n) is 4.38. The minimum atomic E-state index is -4.52. The van der Waals surface area contributed by atoms with E-state index in [1.807, 2.05) is 0 Å². The van der Waals surface area contributed by atoms with E-state index in [1.165, 1.54) is 0 Å². The topological polar surface area (TPSA) is 63.2 Å². The van der Waals surface area contributed by atoms with Crippen LogP contribution in [-0.4, -0.2) is 5.66 Å². The molecule has 0 aromatic heterocycles. The summed E-state index contributed by atoms with van der Waals surface area (Å²) in [5.41, 5.74) is -1.83. The van der Waals surface area contributed by atoms with Crippen molar-refractivity contribution in [3.05, 3.63) is 0 Å². The Balaban J connectivity index is 5.15. The van der Waals surface area contributed by atoms with Crippen LogP contribution in [0.15, 0.2) is 0 Å². The Morgan fingerprint density at radius 2 is 1.15 bits per heavy atom. The van der Waals surface area contributed by atoms with Crippen LogP contribution in [-0.2, 0) is 4.57 Å². The highest BCUT2D eigenvalue weighted by Crippen LogP contribution is 2.51. The molecule has 13 heavy (non-hydrogen) atoms. The molecule has 0 heterocycles. The Bertz CT molecular complexity index is 202. The molecule has 0 bridgehead atoms. The number of hydrogen-bond donors (Lipinski definition) is 0. The Hall–Kier alpha value is 0.150. The molecule has 0 unspecified atom stereocenters. The van der Waals surface area contributed by atoms with E-state index in [0.717, 1.165) is 0 Å². The molecular formula is C9H19O3P-2. The minimum Gasteiger partial charge on any atom is -0.810 e. The van der Waals surface area contributed by atoms with E-state index in [1.54, 1.807) is 41.5 Å². The molecule has 4 heteroatoms. The third-order valence-electron chi connectivity index (χ3n) is 1.96. The van der Waals surface area contributed by atoms with Gasteiger partial charge in [-0.3, -0.25) is 0 Å². The average Bonchev–Trinajstić information content (AvgIpc) is 1.44. The van der Waals surface area contributed by atoms with E-state index in [0.29, 0.717) is 0 Å². The molecule has 0 saturated heterocycles. The first-order chi connectivity index (χ1) is 5.37. The molecule has 0 aromatic carbocycles. The molecule has 0 aromatic rings. The van der Waals surface area contributed by atoms with Crippen LogP contribution in [0.2, 0.25) is 0 Å². The minimum absolute atomic E-state index is 0.503. The van der Waals surface area contributed by atoms with Crippen LogP contribution >= 0.6 is 7.60 Å². The fraction of sp³-hybridized carbons (Fsp3) is 1.00. The summed E-state index contributed by atoms with van der Waals surface area (Å²) < 4.78 is 11.1. The summed E-state index contributed by atoms with van der Waals surface area (Å²) in [7, 11) is -4.52. The molecule has 0 aliphatic heterocycles. The van der Waals surface area contributed by atoms with Gasteiger partial charge in [-0.05, 0) is 16.5 Å². The van der Waals surface area contributed by atoms with Gasteiger partial charge in [0, 0.05) is 0 Å². The van der Waals surface area contributed by atoms with E-state index < -0.39 is 24.1 Å². The molecule has 0 fully saturated rings. The smallest absolute Gasteiger partial charge is 0.00367 e. The van der Waals surface area contributed by atoms with E-state index in [4.69, 9.17) is 0 Å². The Kier molecular flexibility index (Phi) is 3.42. The van der Waals surface area contributed by atoms with Crippen molar-refractivity contribution in [2.24, 2.45) is 10.8 Å². The van der Waals surface area contributed by atoms with E-state index >= 15 is 0 Å². The SMILES string of the molecule is CC(C)(C)C(C(C)(C)C)P(=O)([O-])[O-]. The van der Waals surface area contributed by atoms with Gasteiger partial charge in [-0.15, -0.1) is 0 Å². The quantitative estimate of drug-likeness (QED) is 0.608. The largest absolute Gasteiger partial charge is 0.810 e. The predicted molar refractivity (Wildman–Crippen MR) is 50.3 cm³/mol. The van der Waals surface area contributed by atoms with Gasteiger partial charge in [0.15, 0.2) is 0 Å². The van der Waals surface area contributed by atoms with Crippen molar-refractivity contribution in [2.45, 2.75) is 47.2 Å². The lowest BCUT2D eigenvalue weighted by molar-refractivity contribution is -0.320. The van der Waals surface area contributed by atoms with Gasteiger partial charge >= 0.3 is 0 Å². The lowest BCUT2D eigenvalue weighted by Gasteiger charge is -2.52. The Morgan fingerprint density at radius 3 is 1.15 bits per heavy atom. The van der Waals surface area contributed by atoms with E-state index in [9.17, 15) is 14.4 Å². The molecule has 0 rings (SSSR count). The summed E-state index contributed by atoms with van der Waals surface area (Å²) in [6.07, 6.45) is 0. The third kappa shape index (κ3) is 3.80. The maximum Gasteiger partial charge on any atom is -0.00367 e. The summed E-state index contributed by atoms with van der Waals surface area (Å²) in [5, 5.41) is 0. The highest BCUT2D eigenvalue weighted by molar-refractivity contribution is 7.49. The van der Waals surface area contributed by atoms with Crippen molar-refractivity contribution < 1.29 is 14.4 Å². The zero-order valence-electron chi connectivity index (χ0n) is 9.25. The molecule has 0 spiro atoms. The second-order valence-electron chi connectivity index (χ2n) is 5.67. The van der Waals surface area contributed by atoms with Crippen molar-refractivity contribution in [2.75, 3.05) is 0 Å². The average molecular weight is 206 g/mol. The van der Waals surface area contributed by atoms with Crippen LogP contribution < -0.4 is 9.79 Å². The molecule has 0 atom stereocenters. The van der Waals surface area contributed by atoms with Crippen LogP contribution in [0.25, 0.3) is 0 Å². The fourth-order valence-corrected chi connectivity index (χ4v) is 4.15. The van der Waals surface area contributed by atoms with Crippen LogP contribution in [0.4, 0.5) is 0 Å². The van der Waals surface area contributed by atoms with Crippen LogP contribution in [0, 0.1) is 10.8 Å². The van der Waals surface area contributed by atoms with Gasteiger partial charge in [-0.25, -0.2) is 0 Å². The lowest BCUT2D eigenvalue weighted by atomic mass is 9.77. The summed E-state index contributed by atoms with van der Waals surface area (Å²) >= 11 is 0. The van der Waals surface area contributed by atoms with Crippen molar-refractivity contribution in [1.82, 2.24) is 0 Å². The second kappa shape index (κ2) is 3.38. The van der Waals surface area contributed by atoms with Gasteiger partial charge in [-0.2, -0.15) is 0 Å². The highest BCUT2D eigenvalue weighted by atomic mass is 31.2. The molecule has 80 valence electrons. The monoisotopic (exact) mass is 206 g/mol.